The predicted octanol–water partition coefficient (Wildman–Crippen LogP) is -0.763. The molecule has 2 saturated heterocycles. The molecular formula is C21H38N8O2. The summed E-state index contributed by atoms with van der Waals surface area (Å²) in [6, 6.07) is 1.84. The van der Waals surface area contributed by atoms with Crippen molar-refractivity contribution in [3.63, 3.8) is 0 Å². The fourth-order valence-electron chi connectivity index (χ4n) is 3.84. The van der Waals surface area contributed by atoms with Crippen molar-refractivity contribution in [3.8, 4) is 0 Å². The molecule has 1 atom stereocenters. The average Bonchev–Trinajstić information content (AvgIpc) is 2.79. The maximum Gasteiger partial charge on any atom is 0.225 e. The average molecular weight is 435 g/mol. The Morgan fingerprint density at radius 1 is 1.10 bits per heavy atom. The molecule has 0 aromatic carbocycles. The van der Waals surface area contributed by atoms with Gasteiger partial charge in [-0.1, -0.05) is 0 Å². The lowest BCUT2D eigenvalue weighted by Gasteiger charge is -2.34. The molecule has 3 heterocycles. The van der Waals surface area contributed by atoms with Crippen LogP contribution in [-0.4, -0.2) is 122 Å². The first-order chi connectivity index (χ1) is 15.1. The number of guanidine groups is 1. The number of morpholine rings is 1. The number of aliphatic imine (C=N–C) groups is 1. The minimum atomic E-state index is -0.866. The Kier molecular flexibility index (Phi) is 9.26. The van der Waals surface area contributed by atoms with E-state index in [1.54, 1.807) is 12.4 Å². The molecule has 2 aliphatic heterocycles. The Labute approximate surface area is 185 Å². The molecule has 10 nitrogen and oxygen atoms in total. The molecule has 3 N–H and O–H groups in total. The fraction of sp³-hybridized carbons (Fsp3) is 0.762. The summed E-state index contributed by atoms with van der Waals surface area (Å²) in [6.07, 6.45) is 3.58. The van der Waals surface area contributed by atoms with Crippen molar-refractivity contribution < 1.29 is 9.84 Å². The maximum atomic E-state index is 10.8. The van der Waals surface area contributed by atoms with E-state index in [1.165, 1.54) is 0 Å². The normalized spacial score (nSPS) is 21.0. The van der Waals surface area contributed by atoms with Crippen LogP contribution >= 0.6 is 0 Å². The summed E-state index contributed by atoms with van der Waals surface area (Å²) in [5, 5.41) is 17.4. The van der Waals surface area contributed by atoms with Gasteiger partial charge in [0, 0.05) is 77.8 Å². The van der Waals surface area contributed by atoms with Crippen molar-refractivity contribution in [1.29, 1.82) is 0 Å². The summed E-state index contributed by atoms with van der Waals surface area (Å²) in [5.74, 6) is 1.56. The zero-order chi connectivity index (χ0) is 21.9. The molecule has 2 fully saturated rings. The van der Waals surface area contributed by atoms with Gasteiger partial charge in [-0.2, -0.15) is 0 Å². The van der Waals surface area contributed by atoms with Crippen LogP contribution in [0.5, 0.6) is 0 Å². The van der Waals surface area contributed by atoms with E-state index in [4.69, 9.17) is 4.74 Å². The lowest BCUT2D eigenvalue weighted by atomic mass is 10.1. The van der Waals surface area contributed by atoms with Gasteiger partial charge in [0.2, 0.25) is 5.95 Å². The van der Waals surface area contributed by atoms with E-state index in [2.05, 4.69) is 40.3 Å². The smallest absolute Gasteiger partial charge is 0.225 e. The van der Waals surface area contributed by atoms with E-state index in [0.29, 0.717) is 13.1 Å². The fourth-order valence-corrected chi connectivity index (χ4v) is 3.84. The molecule has 0 spiro atoms. The highest BCUT2D eigenvalue weighted by Gasteiger charge is 2.25. The van der Waals surface area contributed by atoms with Crippen molar-refractivity contribution >= 4 is 11.9 Å². The van der Waals surface area contributed by atoms with Gasteiger partial charge < -0.3 is 25.4 Å². The second-order valence-corrected chi connectivity index (χ2v) is 8.38. The lowest BCUT2D eigenvalue weighted by Crippen LogP contribution is -2.50. The summed E-state index contributed by atoms with van der Waals surface area (Å²) in [7, 11) is 0. The molecule has 1 unspecified atom stereocenters. The quantitative estimate of drug-likeness (QED) is 0.342. The van der Waals surface area contributed by atoms with E-state index >= 15 is 0 Å². The molecule has 0 amide bonds. The first-order valence-corrected chi connectivity index (χ1v) is 11.3. The van der Waals surface area contributed by atoms with Crippen LogP contribution < -0.4 is 15.5 Å². The van der Waals surface area contributed by atoms with Crippen LogP contribution in [0.25, 0.3) is 0 Å². The molecule has 174 valence electrons. The summed E-state index contributed by atoms with van der Waals surface area (Å²) in [6.45, 7) is 14.4. The molecule has 0 radical (unpaired) electrons. The summed E-state index contributed by atoms with van der Waals surface area (Å²) in [5.41, 5.74) is -0.866. The topological polar surface area (TPSA) is 101 Å². The molecular weight excluding hydrogens is 396 g/mol. The number of aliphatic hydroxyl groups is 1. The lowest BCUT2D eigenvalue weighted by molar-refractivity contribution is -0.0180. The van der Waals surface area contributed by atoms with Gasteiger partial charge in [-0.3, -0.25) is 14.8 Å². The highest BCUT2D eigenvalue weighted by molar-refractivity contribution is 5.79. The summed E-state index contributed by atoms with van der Waals surface area (Å²) in [4.78, 5) is 20.2. The van der Waals surface area contributed by atoms with Crippen molar-refractivity contribution in [2.75, 3.05) is 90.1 Å². The Morgan fingerprint density at radius 3 is 2.48 bits per heavy atom. The van der Waals surface area contributed by atoms with Gasteiger partial charge >= 0.3 is 0 Å². The van der Waals surface area contributed by atoms with Gasteiger partial charge in [-0.05, 0) is 19.9 Å². The number of aromatic nitrogens is 2. The van der Waals surface area contributed by atoms with Crippen molar-refractivity contribution in [2.24, 2.45) is 4.99 Å². The number of hydrogen-bond donors (Lipinski definition) is 3. The Hall–Kier alpha value is -2.01. The molecule has 1 aromatic rings. The third-order valence-electron chi connectivity index (χ3n) is 5.52. The molecule has 10 heteroatoms. The second kappa shape index (κ2) is 12.1. The number of nitrogens with zero attached hydrogens (tertiary/aromatic N) is 6. The van der Waals surface area contributed by atoms with E-state index < -0.39 is 5.60 Å². The third-order valence-corrected chi connectivity index (χ3v) is 5.52. The van der Waals surface area contributed by atoms with E-state index in [-0.39, 0.29) is 0 Å². The van der Waals surface area contributed by atoms with Crippen LogP contribution in [0.15, 0.2) is 23.5 Å². The molecule has 0 aliphatic carbocycles. The third kappa shape index (κ3) is 8.21. The van der Waals surface area contributed by atoms with Crippen LogP contribution in [0.1, 0.15) is 13.8 Å². The Bertz CT molecular complexity index is 659. The van der Waals surface area contributed by atoms with Crippen molar-refractivity contribution in [1.82, 2.24) is 30.4 Å². The SMILES string of the molecule is CCNC(=NCC(C)(O)CN1CCOCC1)NCCN1CCN(c2ncccn2)CC1. The minimum absolute atomic E-state index is 0.357. The highest BCUT2D eigenvalue weighted by atomic mass is 16.5. The molecule has 2 aliphatic rings. The number of β-amino-alcohol motifs (C(OH)–C–C–N with tert-alkyl or cyclic N) is 1. The molecule has 0 saturated carbocycles. The number of ether oxygens (including phenoxy) is 1. The first-order valence-electron chi connectivity index (χ1n) is 11.3. The number of rotatable bonds is 9. The van der Waals surface area contributed by atoms with Crippen LogP contribution in [-0.2, 0) is 4.74 Å². The van der Waals surface area contributed by atoms with Crippen molar-refractivity contribution in [2.45, 2.75) is 19.4 Å². The second-order valence-electron chi connectivity index (χ2n) is 8.38. The maximum absolute atomic E-state index is 10.8. The van der Waals surface area contributed by atoms with Gasteiger partial charge in [-0.15, -0.1) is 0 Å². The summed E-state index contributed by atoms with van der Waals surface area (Å²) < 4.78 is 5.38. The molecule has 1 aromatic heterocycles. The minimum Gasteiger partial charge on any atom is -0.387 e. The van der Waals surface area contributed by atoms with Gasteiger partial charge in [0.05, 0.1) is 25.4 Å². The van der Waals surface area contributed by atoms with E-state index in [1.807, 2.05) is 19.9 Å². The highest BCUT2D eigenvalue weighted by Crippen LogP contribution is 2.10. The zero-order valence-corrected chi connectivity index (χ0v) is 19.0. The van der Waals surface area contributed by atoms with Crippen LogP contribution in [0, 0.1) is 0 Å². The molecule has 3 rings (SSSR count). The van der Waals surface area contributed by atoms with Gasteiger partial charge in [0.1, 0.15) is 0 Å². The molecule has 0 bridgehead atoms. The Balaban J connectivity index is 1.38. The number of anilines is 1. The zero-order valence-electron chi connectivity index (χ0n) is 19.0. The van der Waals surface area contributed by atoms with Crippen molar-refractivity contribution in [3.05, 3.63) is 18.5 Å². The largest absolute Gasteiger partial charge is 0.387 e. The number of piperazine rings is 1. The Morgan fingerprint density at radius 2 is 1.81 bits per heavy atom. The van der Waals surface area contributed by atoms with Gasteiger partial charge in [0.15, 0.2) is 5.96 Å². The monoisotopic (exact) mass is 434 g/mol. The van der Waals surface area contributed by atoms with Gasteiger partial charge in [-0.25, -0.2) is 9.97 Å². The summed E-state index contributed by atoms with van der Waals surface area (Å²) >= 11 is 0. The number of nitrogens with one attached hydrogen (secondary N) is 2. The van der Waals surface area contributed by atoms with Gasteiger partial charge in [0.25, 0.3) is 0 Å². The van der Waals surface area contributed by atoms with Crippen LogP contribution in [0.3, 0.4) is 0 Å². The standard InChI is InChI=1S/C21H38N8O2/c1-3-22-19(26-17-21(2,30)18-28-13-15-31-16-14-28)23-7-8-27-9-11-29(12-10-27)20-24-5-4-6-25-20/h4-6,30H,3,7-18H2,1-2H3,(H2,22,23,26). The predicted molar refractivity (Wildman–Crippen MR) is 123 cm³/mol. The number of hydrogen-bond acceptors (Lipinski definition) is 8. The van der Waals surface area contributed by atoms with Crippen LogP contribution in [0.4, 0.5) is 5.95 Å². The molecule has 31 heavy (non-hydrogen) atoms. The van der Waals surface area contributed by atoms with E-state index in [9.17, 15) is 5.11 Å². The van der Waals surface area contributed by atoms with Crippen LogP contribution in [0.2, 0.25) is 0 Å². The first kappa shape index (κ1) is 23.6. The van der Waals surface area contributed by atoms with E-state index in [0.717, 1.165) is 84.0 Å².